The van der Waals surface area contributed by atoms with Gasteiger partial charge in [-0.25, -0.2) is 10.2 Å². The number of hydrogen-bond donors (Lipinski definition) is 1. The van der Waals surface area contributed by atoms with Gasteiger partial charge in [-0.2, -0.15) is 10.1 Å². The van der Waals surface area contributed by atoms with Gasteiger partial charge in [-0.15, -0.1) is 0 Å². The van der Waals surface area contributed by atoms with Crippen LogP contribution in [-0.2, 0) is 20.6 Å². The minimum Gasteiger partial charge on any atom is -0.299 e. The van der Waals surface area contributed by atoms with E-state index in [1.165, 1.54) is 11.6 Å². The summed E-state index contributed by atoms with van der Waals surface area (Å²) in [6.45, 7) is 8.02. The number of aromatic nitrogens is 4. The minimum atomic E-state index is -0.431. The van der Waals surface area contributed by atoms with Gasteiger partial charge in [0.05, 0.1) is 5.71 Å². The SMILES string of the molecule is C=C(C)Cn1c(N/N=C(C)\C=C\c2ccccc2)nc2c1c(=O)n(C)c(=O)n2C. The largest absolute Gasteiger partial charge is 0.332 e. The molecule has 0 atom stereocenters. The van der Waals surface area contributed by atoms with Gasteiger partial charge in [0.15, 0.2) is 11.2 Å². The molecule has 8 nitrogen and oxygen atoms in total. The number of fused-ring (bicyclic) bond motifs is 1. The Bertz CT molecular complexity index is 1240. The minimum absolute atomic E-state index is 0.300. The number of hydrogen-bond acceptors (Lipinski definition) is 5. The van der Waals surface area contributed by atoms with Crippen molar-refractivity contribution >= 4 is 28.9 Å². The topological polar surface area (TPSA) is 86.2 Å². The third kappa shape index (κ3) is 4.11. The highest BCUT2D eigenvalue weighted by Crippen LogP contribution is 2.17. The Morgan fingerprint density at radius 3 is 2.52 bits per heavy atom. The van der Waals surface area contributed by atoms with Crippen LogP contribution >= 0.6 is 0 Å². The number of rotatable bonds is 6. The summed E-state index contributed by atoms with van der Waals surface area (Å²) in [4.78, 5) is 29.4. The molecule has 29 heavy (non-hydrogen) atoms. The average Bonchev–Trinajstić information content (AvgIpc) is 3.06. The fourth-order valence-corrected chi connectivity index (χ4v) is 2.91. The van der Waals surface area contributed by atoms with Crippen LogP contribution in [0.15, 0.2) is 63.3 Å². The third-order valence-electron chi connectivity index (χ3n) is 4.42. The zero-order valence-corrected chi connectivity index (χ0v) is 17.0. The second kappa shape index (κ2) is 8.14. The maximum absolute atomic E-state index is 12.7. The van der Waals surface area contributed by atoms with Gasteiger partial charge in [0, 0.05) is 20.6 Å². The number of imidazole rings is 1. The molecule has 0 spiro atoms. The molecule has 150 valence electrons. The smallest absolute Gasteiger partial charge is 0.299 e. The summed E-state index contributed by atoms with van der Waals surface area (Å²) in [6, 6.07) is 9.90. The average molecular weight is 392 g/mol. The second-order valence-corrected chi connectivity index (χ2v) is 6.97. The number of benzene rings is 1. The molecule has 0 aliphatic rings. The van der Waals surface area contributed by atoms with Crippen molar-refractivity contribution in [2.75, 3.05) is 5.43 Å². The summed E-state index contributed by atoms with van der Waals surface area (Å²) in [5, 5.41) is 4.35. The molecule has 1 aromatic carbocycles. The normalized spacial score (nSPS) is 12.1. The molecule has 0 radical (unpaired) electrons. The molecular weight excluding hydrogens is 368 g/mol. The number of hydrazone groups is 1. The van der Waals surface area contributed by atoms with Crippen molar-refractivity contribution < 1.29 is 0 Å². The molecule has 0 fully saturated rings. The quantitative estimate of drug-likeness (QED) is 0.397. The zero-order valence-electron chi connectivity index (χ0n) is 17.0. The Labute approximate surface area is 168 Å². The van der Waals surface area contributed by atoms with E-state index in [0.29, 0.717) is 23.7 Å². The first-order valence-electron chi connectivity index (χ1n) is 9.13. The number of nitrogens with zero attached hydrogens (tertiary/aromatic N) is 5. The van der Waals surface area contributed by atoms with Gasteiger partial charge in [0.2, 0.25) is 5.95 Å². The molecule has 2 aromatic heterocycles. The summed E-state index contributed by atoms with van der Waals surface area (Å²) in [5.41, 5.74) is 5.34. The van der Waals surface area contributed by atoms with Gasteiger partial charge in [-0.05, 0) is 25.5 Å². The van der Waals surface area contributed by atoms with Crippen LogP contribution in [0.2, 0.25) is 0 Å². The van der Waals surface area contributed by atoms with Crippen molar-refractivity contribution in [3.63, 3.8) is 0 Å². The predicted octanol–water partition coefficient (Wildman–Crippen LogP) is 2.51. The third-order valence-corrected chi connectivity index (χ3v) is 4.42. The lowest BCUT2D eigenvalue weighted by Crippen LogP contribution is -2.37. The molecule has 3 aromatic rings. The van der Waals surface area contributed by atoms with Crippen LogP contribution in [0.4, 0.5) is 5.95 Å². The lowest BCUT2D eigenvalue weighted by Gasteiger charge is -2.09. The van der Waals surface area contributed by atoms with Crippen LogP contribution in [0.1, 0.15) is 19.4 Å². The number of allylic oxidation sites excluding steroid dienone is 2. The maximum Gasteiger partial charge on any atom is 0.332 e. The summed E-state index contributed by atoms with van der Waals surface area (Å²) in [7, 11) is 3.04. The van der Waals surface area contributed by atoms with Gasteiger partial charge in [0.1, 0.15) is 0 Å². The van der Waals surface area contributed by atoms with E-state index in [1.807, 2.05) is 56.3 Å². The fraction of sp³-hybridized carbons (Fsp3) is 0.238. The summed E-state index contributed by atoms with van der Waals surface area (Å²) in [5.74, 6) is 0.369. The molecule has 0 saturated carbocycles. The maximum atomic E-state index is 12.7. The highest BCUT2D eigenvalue weighted by molar-refractivity contribution is 5.96. The molecule has 0 unspecified atom stereocenters. The first-order chi connectivity index (χ1) is 13.8. The first-order valence-corrected chi connectivity index (χ1v) is 9.13. The van der Waals surface area contributed by atoms with E-state index in [2.05, 4.69) is 22.1 Å². The molecule has 0 amide bonds. The molecule has 0 aliphatic heterocycles. The highest BCUT2D eigenvalue weighted by atomic mass is 16.2. The van der Waals surface area contributed by atoms with Crippen LogP contribution in [0.5, 0.6) is 0 Å². The summed E-state index contributed by atoms with van der Waals surface area (Å²) >= 11 is 0. The Balaban J connectivity index is 2.02. The highest BCUT2D eigenvalue weighted by Gasteiger charge is 2.18. The van der Waals surface area contributed by atoms with Crippen LogP contribution in [0.3, 0.4) is 0 Å². The van der Waals surface area contributed by atoms with Gasteiger partial charge < -0.3 is 0 Å². The van der Waals surface area contributed by atoms with Gasteiger partial charge in [-0.3, -0.25) is 18.5 Å². The van der Waals surface area contributed by atoms with Crippen molar-refractivity contribution in [2.45, 2.75) is 20.4 Å². The monoisotopic (exact) mass is 392 g/mol. The Kier molecular flexibility index (Phi) is 5.63. The lowest BCUT2D eigenvalue weighted by atomic mass is 10.2. The second-order valence-electron chi connectivity index (χ2n) is 6.97. The molecule has 8 heteroatoms. The first kappa shape index (κ1) is 20.1. The van der Waals surface area contributed by atoms with Crippen LogP contribution in [-0.4, -0.2) is 24.4 Å². The van der Waals surface area contributed by atoms with Crippen LogP contribution < -0.4 is 16.7 Å². The van der Waals surface area contributed by atoms with Crippen LogP contribution in [0.25, 0.3) is 17.2 Å². The van der Waals surface area contributed by atoms with E-state index >= 15 is 0 Å². The van der Waals surface area contributed by atoms with E-state index in [0.717, 1.165) is 21.4 Å². The molecule has 0 saturated heterocycles. The van der Waals surface area contributed by atoms with Gasteiger partial charge in [0.25, 0.3) is 5.56 Å². The Hall–Kier alpha value is -3.68. The van der Waals surface area contributed by atoms with Gasteiger partial charge >= 0.3 is 5.69 Å². The predicted molar refractivity (Wildman–Crippen MR) is 117 cm³/mol. The molecular formula is C21H24N6O2. The Morgan fingerprint density at radius 2 is 1.86 bits per heavy atom. The number of aryl methyl sites for hydroxylation is 1. The molecule has 1 N–H and O–H groups in total. The zero-order chi connectivity index (χ0) is 21.1. The van der Waals surface area contributed by atoms with Crippen molar-refractivity contribution in [3.8, 4) is 0 Å². The molecule has 0 bridgehead atoms. The number of anilines is 1. The van der Waals surface area contributed by atoms with Crippen LogP contribution in [0, 0.1) is 0 Å². The van der Waals surface area contributed by atoms with Crippen molar-refractivity contribution in [1.82, 2.24) is 18.7 Å². The summed E-state index contributed by atoms with van der Waals surface area (Å²) < 4.78 is 4.11. The van der Waals surface area contributed by atoms with Crippen molar-refractivity contribution in [3.05, 3.63) is 75.0 Å². The fourth-order valence-electron chi connectivity index (χ4n) is 2.91. The van der Waals surface area contributed by atoms with Crippen molar-refractivity contribution in [1.29, 1.82) is 0 Å². The lowest BCUT2D eigenvalue weighted by molar-refractivity contribution is 0.702. The molecule has 2 heterocycles. The van der Waals surface area contributed by atoms with E-state index < -0.39 is 11.2 Å². The Morgan fingerprint density at radius 1 is 1.17 bits per heavy atom. The van der Waals surface area contributed by atoms with E-state index in [9.17, 15) is 9.59 Å². The molecule has 0 aliphatic carbocycles. The molecule has 3 rings (SSSR count). The standard InChI is InChI=1S/C21H24N6O2/c1-14(2)13-27-17-18(25(4)21(29)26(5)19(17)28)22-20(27)24-23-15(3)11-12-16-9-7-6-8-10-16/h6-12H,1,13H2,2-5H3,(H,22,24)/b12-11+,23-15-. The van der Waals surface area contributed by atoms with E-state index in [1.54, 1.807) is 11.6 Å². The summed E-state index contributed by atoms with van der Waals surface area (Å²) in [6.07, 6.45) is 3.83. The van der Waals surface area contributed by atoms with Crippen molar-refractivity contribution in [2.24, 2.45) is 19.2 Å². The van der Waals surface area contributed by atoms with Gasteiger partial charge in [-0.1, -0.05) is 48.6 Å². The van der Waals surface area contributed by atoms with E-state index in [-0.39, 0.29) is 0 Å². The van der Waals surface area contributed by atoms with E-state index in [4.69, 9.17) is 0 Å². The number of nitrogens with one attached hydrogen (secondary N) is 1.